The van der Waals surface area contributed by atoms with Gasteiger partial charge in [-0.3, -0.25) is 4.79 Å². The molecule has 0 bridgehead atoms. The number of nitrogen functional groups attached to an aromatic ring is 1. The first-order valence-corrected chi connectivity index (χ1v) is 6.43. The lowest BCUT2D eigenvalue weighted by molar-refractivity contribution is 0.0714. The molecule has 0 saturated carbocycles. The van der Waals surface area contributed by atoms with E-state index in [1.807, 2.05) is 15.7 Å². The molecule has 2 heterocycles. The molecular formula is C13H21N3O2. The van der Waals surface area contributed by atoms with Gasteiger partial charge in [-0.15, -0.1) is 0 Å². The van der Waals surface area contributed by atoms with Gasteiger partial charge in [0, 0.05) is 32.9 Å². The first-order chi connectivity index (χ1) is 8.65. The van der Waals surface area contributed by atoms with Crippen molar-refractivity contribution in [2.45, 2.75) is 32.4 Å². The third kappa shape index (κ3) is 2.51. The highest BCUT2D eigenvalue weighted by Crippen LogP contribution is 2.18. The van der Waals surface area contributed by atoms with Crippen LogP contribution in [0.15, 0.2) is 12.3 Å². The molecule has 1 fully saturated rings. The second-order valence-electron chi connectivity index (χ2n) is 4.75. The Labute approximate surface area is 108 Å². The normalized spacial score (nSPS) is 19.4. The van der Waals surface area contributed by atoms with Crippen LogP contribution in [0, 0.1) is 0 Å². The molecule has 5 heteroatoms. The lowest BCUT2D eigenvalue weighted by Crippen LogP contribution is -2.31. The summed E-state index contributed by atoms with van der Waals surface area (Å²) in [6, 6.07) is 1.76. The SMILES string of the molecule is CCCn1cc(N)cc1C(=O)N1CCC(OC)C1. The van der Waals surface area contributed by atoms with Gasteiger partial charge >= 0.3 is 0 Å². The first-order valence-electron chi connectivity index (χ1n) is 6.43. The van der Waals surface area contributed by atoms with Gasteiger partial charge in [0.1, 0.15) is 5.69 Å². The number of rotatable bonds is 4. The predicted molar refractivity (Wildman–Crippen MR) is 70.5 cm³/mol. The number of ether oxygens (including phenoxy) is 1. The Morgan fingerprint density at radius 2 is 2.39 bits per heavy atom. The largest absolute Gasteiger partial charge is 0.397 e. The average Bonchev–Trinajstić information content (AvgIpc) is 2.95. The van der Waals surface area contributed by atoms with Gasteiger partial charge < -0.3 is 19.9 Å². The predicted octanol–water partition coefficient (Wildman–Crippen LogP) is 1.34. The van der Waals surface area contributed by atoms with E-state index in [0.717, 1.165) is 25.9 Å². The highest BCUT2D eigenvalue weighted by molar-refractivity contribution is 5.94. The van der Waals surface area contributed by atoms with Crippen LogP contribution in [0.1, 0.15) is 30.3 Å². The van der Waals surface area contributed by atoms with Crippen molar-refractivity contribution in [3.8, 4) is 0 Å². The lowest BCUT2D eigenvalue weighted by atomic mass is 10.3. The van der Waals surface area contributed by atoms with Crippen molar-refractivity contribution in [2.24, 2.45) is 0 Å². The maximum atomic E-state index is 12.4. The number of nitrogens with zero attached hydrogens (tertiary/aromatic N) is 2. The molecule has 1 saturated heterocycles. The Bertz CT molecular complexity index is 428. The zero-order valence-electron chi connectivity index (χ0n) is 11.1. The zero-order valence-corrected chi connectivity index (χ0v) is 11.1. The molecular weight excluding hydrogens is 230 g/mol. The van der Waals surface area contributed by atoms with E-state index in [4.69, 9.17) is 10.5 Å². The van der Waals surface area contributed by atoms with E-state index < -0.39 is 0 Å². The van der Waals surface area contributed by atoms with Gasteiger partial charge in [-0.25, -0.2) is 0 Å². The summed E-state index contributed by atoms with van der Waals surface area (Å²) in [4.78, 5) is 14.3. The molecule has 18 heavy (non-hydrogen) atoms. The lowest BCUT2D eigenvalue weighted by Gasteiger charge is -2.17. The topological polar surface area (TPSA) is 60.5 Å². The van der Waals surface area contributed by atoms with Crippen LogP contribution in [0.3, 0.4) is 0 Å². The van der Waals surface area contributed by atoms with Crippen molar-refractivity contribution in [1.29, 1.82) is 0 Å². The van der Waals surface area contributed by atoms with Crippen molar-refractivity contribution < 1.29 is 9.53 Å². The maximum absolute atomic E-state index is 12.4. The standard InChI is InChI=1S/C13H21N3O2/c1-3-5-15-8-10(14)7-12(15)13(17)16-6-4-11(9-16)18-2/h7-8,11H,3-6,9,14H2,1-2H3. The van der Waals surface area contributed by atoms with E-state index in [9.17, 15) is 4.79 Å². The van der Waals surface area contributed by atoms with Gasteiger partial charge in [0.25, 0.3) is 5.91 Å². The number of aromatic nitrogens is 1. The van der Waals surface area contributed by atoms with Crippen LogP contribution in [0.25, 0.3) is 0 Å². The molecule has 1 atom stereocenters. The number of nitrogens with two attached hydrogens (primary N) is 1. The molecule has 1 aliphatic rings. The van der Waals surface area contributed by atoms with Crippen LogP contribution >= 0.6 is 0 Å². The Morgan fingerprint density at radius 1 is 1.61 bits per heavy atom. The molecule has 0 radical (unpaired) electrons. The minimum absolute atomic E-state index is 0.0553. The van der Waals surface area contributed by atoms with Gasteiger partial charge in [0.05, 0.1) is 11.8 Å². The van der Waals surface area contributed by atoms with Gasteiger partial charge in [-0.05, 0) is 18.9 Å². The molecule has 2 rings (SSSR count). The Balaban J connectivity index is 2.13. The second-order valence-corrected chi connectivity index (χ2v) is 4.75. The van der Waals surface area contributed by atoms with Crippen LogP contribution in [0.4, 0.5) is 5.69 Å². The van der Waals surface area contributed by atoms with Crippen LogP contribution < -0.4 is 5.73 Å². The zero-order chi connectivity index (χ0) is 13.1. The van der Waals surface area contributed by atoms with E-state index in [2.05, 4.69) is 6.92 Å². The number of amides is 1. The molecule has 0 aromatic carbocycles. The van der Waals surface area contributed by atoms with Gasteiger partial charge in [0.2, 0.25) is 0 Å². The van der Waals surface area contributed by atoms with E-state index in [1.165, 1.54) is 0 Å². The molecule has 1 unspecified atom stereocenters. The van der Waals surface area contributed by atoms with Crippen LogP contribution in [-0.2, 0) is 11.3 Å². The Kier molecular flexibility index (Phi) is 3.91. The number of hydrogen-bond donors (Lipinski definition) is 1. The third-order valence-electron chi connectivity index (χ3n) is 3.37. The third-order valence-corrected chi connectivity index (χ3v) is 3.37. The molecule has 1 aromatic heterocycles. The number of carbonyl (C=O) groups is 1. The number of hydrogen-bond acceptors (Lipinski definition) is 3. The summed E-state index contributed by atoms with van der Waals surface area (Å²) in [5.74, 6) is 0.0553. The monoisotopic (exact) mass is 251 g/mol. The fourth-order valence-electron chi connectivity index (χ4n) is 2.41. The van der Waals surface area contributed by atoms with E-state index >= 15 is 0 Å². The Morgan fingerprint density at radius 3 is 3.00 bits per heavy atom. The number of aryl methyl sites for hydroxylation is 1. The number of carbonyl (C=O) groups excluding carboxylic acids is 1. The Hall–Kier alpha value is -1.49. The molecule has 0 spiro atoms. The number of anilines is 1. The highest BCUT2D eigenvalue weighted by atomic mass is 16.5. The molecule has 5 nitrogen and oxygen atoms in total. The summed E-state index contributed by atoms with van der Waals surface area (Å²) in [6.07, 6.45) is 3.89. The number of methoxy groups -OCH3 is 1. The van der Waals surface area contributed by atoms with Gasteiger partial charge in [-0.2, -0.15) is 0 Å². The van der Waals surface area contributed by atoms with Crippen LogP contribution in [0.2, 0.25) is 0 Å². The van der Waals surface area contributed by atoms with Crippen molar-refractivity contribution in [2.75, 3.05) is 25.9 Å². The molecule has 100 valence electrons. The van der Waals surface area contributed by atoms with Crippen LogP contribution in [-0.4, -0.2) is 41.7 Å². The molecule has 0 aliphatic carbocycles. The average molecular weight is 251 g/mol. The van der Waals surface area contributed by atoms with Crippen LogP contribution in [0.5, 0.6) is 0 Å². The minimum atomic E-state index is 0.0553. The quantitative estimate of drug-likeness (QED) is 0.878. The molecule has 2 N–H and O–H groups in total. The van der Waals surface area contributed by atoms with E-state index in [-0.39, 0.29) is 12.0 Å². The second kappa shape index (κ2) is 5.44. The number of likely N-dealkylation sites (tertiary alicyclic amines) is 1. The molecule has 1 aliphatic heterocycles. The summed E-state index contributed by atoms with van der Waals surface area (Å²) in [7, 11) is 1.69. The van der Waals surface area contributed by atoms with Crippen molar-refractivity contribution in [1.82, 2.24) is 9.47 Å². The first kappa shape index (κ1) is 13.0. The van der Waals surface area contributed by atoms with Crippen molar-refractivity contribution >= 4 is 11.6 Å². The smallest absolute Gasteiger partial charge is 0.270 e. The van der Waals surface area contributed by atoms with Gasteiger partial charge in [0.15, 0.2) is 0 Å². The maximum Gasteiger partial charge on any atom is 0.270 e. The summed E-state index contributed by atoms with van der Waals surface area (Å²) >= 11 is 0. The minimum Gasteiger partial charge on any atom is -0.397 e. The summed E-state index contributed by atoms with van der Waals surface area (Å²) in [6.45, 7) is 4.34. The summed E-state index contributed by atoms with van der Waals surface area (Å²) in [5, 5.41) is 0. The van der Waals surface area contributed by atoms with Gasteiger partial charge in [-0.1, -0.05) is 6.92 Å². The fraction of sp³-hybridized carbons (Fsp3) is 0.615. The molecule has 1 amide bonds. The highest BCUT2D eigenvalue weighted by Gasteiger charge is 2.28. The summed E-state index contributed by atoms with van der Waals surface area (Å²) < 4.78 is 7.23. The van der Waals surface area contributed by atoms with Crippen molar-refractivity contribution in [3.05, 3.63) is 18.0 Å². The fourth-order valence-corrected chi connectivity index (χ4v) is 2.41. The van der Waals surface area contributed by atoms with E-state index in [1.54, 1.807) is 13.2 Å². The summed E-state index contributed by atoms with van der Waals surface area (Å²) in [5.41, 5.74) is 7.12. The van der Waals surface area contributed by atoms with E-state index in [0.29, 0.717) is 17.9 Å². The molecule has 1 aromatic rings. The van der Waals surface area contributed by atoms with Crippen molar-refractivity contribution in [3.63, 3.8) is 0 Å².